The van der Waals surface area contributed by atoms with Crippen LogP contribution < -0.4 is 46.7 Å². The van der Waals surface area contributed by atoms with Crippen molar-refractivity contribution in [1.29, 1.82) is 0 Å². The van der Waals surface area contributed by atoms with Crippen molar-refractivity contribution in [2.24, 2.45) is 0 Å². The van der Waals surface area contributed by atoms with Crippen molar-refractivity contribution in [3.05, 3.63) is 140 Å². The summed E-state index contributed by atoms with van der Waals surface area (Å²) >= 11 is 0. The first-order valence-corrected chi connectivity index (χ1v) is 16.8. The van der Waals surface area contributed by atoms with Crippen molar-refractivity contribution in [3.63, 3.8) is 0 Å². The van der Waals surface area contributed by atoms with Gasteiger partial charge in [0.2, 0.25) is 0 Å². The van der Waals surface area contributed by atoms with Crippen LogP contribution in [0.15, 0.2) is 140 Å². The molecule has 0 radical (unpaired) electrons. The molecule has 218 valence electrons. The van der Waals surface area contributed by atoms with Crippen molar-refractivity contribution in [2.45, 2.75) is 0 Å². The Labute approximate surface area is 278 Å². The quantitative estimate of drug-likeness (QED) is 0.196. The first kappa shape index (κ1) is 24.1. The van der Waals surface area contributed by atoms with E-state index in [1.54, 1.807) is 0 Å². The zero-order chi connectivity index (χ0) is 30.8. The van der Waals surface area contributed by atoms with E-state index < -0.39 is 0 Å². The Bertz CT molecular complexity index is 2470. The van der Waals surface area contributed by atoms with Crippen molar-refractivity contribution in [3.8, 4) is 33.8 Å². The first-order chi connectivity index (χ1) is 23.9. The fourth-order valence-electron chi connectivity index (χ4n) is 9.93. The SMILES string of the molecule is c1ccc(N2c3cccc4c3B3c5c2ccc2c5N5B6c7c(cccc7-2)Oc2cccc(c26)-c2ccc(c3c25)N4c2ccccc2)cc1. The fraction of sp³-hybridized carbons (Fsp3) is 0. The average Bonchev–Trinajstić information content (AvgIpc) is 3.15. The van der Waals surface area contributed by atoms with Crippen LogP contribution in [-0.2, 0) is 0 Å². The number of nitrogens with zero attached hydrogens (tertiary/aromatic N) is 3. The molecule has 0 bridgehead atoms. The van der Waals surface area contributed by atoms with Crippen LogP contribution in [0.1, 0.15) is 0 Å². The third-order valence-electron chi connectivity index (χ3n) is 11.5. The lowest BCUT2D eigenvalue weighted by Gasteiger charge is -2.55. The molecule has 0 spiro atoms. The van der Waals surface area contributed by atoms with Gasteiger partial charge in [-0.2, -0.15) is 0 Å². The molecule has 48 heavy (non-hydrogen) atoms. The van der Waals surface area contributed by atoms with Gasteiger partial charge in [-0.1, -0.05) is 78.9 Å². The molecule has 0 saturated heterocycles. The number of anilines is 8. The van der Waals surface area contributed by atoms with Crippen LogP contribution >= 0.6 is 0 Å². The number of hydrogen-bond donors (Lipinski definition) is 0. The molecule has 0 saturated carbocycles. The Kier molecular flexibility index (Phi) is 4.04. The Balaban J connectivity index is 1.26. The van der Waals surface area contributed by atoms with Gasteiger partial charge in [0.15, 0.2) is 0 Å². The topological polar surface area (TPSA) is 19.0 Å². The van der Waals surface area contributed by atoms with Gasteiger partial charge in [-0.3, -0.25) is 0 Å². The number of ether oxygens (including phenoxy) is 1. The fourth-order valence-corrected chi connectivity index (χ4v) is 9.93. The number of para-hydroxylation sites is 2. The summed E-state index contributed by atoms with van der Waals surface area (Å²) in [5.41, 5.74) is 21.9. The van der Waals surface area contributed by atoms with E-state index in [9.17, 15) is 0 Å². The third kappa shape index (κ3) is 2.54. The molecule has 6 aliphatic heterocycles. The van der Waals surface area contributed by atoms with Crippen molar-refractivity contribution in [2.75, 3.05) is 14.6 Å². The van der Waals surface area contributed by atoms with Gasteiger partial charge < -0.3 is 19.3 Å². The zero-order valence-electron chi connectivity index (χ0n) is 25.7. The van der Waals surface area contributed by atoms with Gasteiger partial charge in [-0.15, -0.1) is 0 Å². The maximum Gasteiger partial charge on any atom is 0.337 e. The molecule has 0 atom stereocenters. The molecule has 7 aromatic carbocycles. The Morgan fingerprint density at radius 1 is 0.375 bits per heavy atom. The summed E-state index contributed by atoms with van der Waals surface area (Å²) in [6, 6.07) is 51.4. The predicted molar refractivity (Wildman–Crippen MR) is 199 cm³/mol. The normalized spacial score (nSPS) is 15.0. The van der Waals surface area contributed by atoms with Crippen LogP contribution in [0.5, 0.6) is 11.5 Å². The van der Waals surface area contributed by atoms with E-state index in [0.717, 1.165) is 11.5 Å². The zero-order valence-corrected chi connectivity index (χ0v) is 25.7. The second-order valence-electron chi connectivity index (χ2n) is 13.6. The van der Waals surface area contributed by atoms with E-state index in [1.165, 1.54) is 95.1 Å². The van der Waals surface area contributed by atoms with E-state index in [1.807, 2.05) is 0 Å². The number of hydrogen-bond acceptors (Lipinski definition) is 4. The molecular weight excluding hydrogens is 584 g/mol. The highest BCUT2D eigenvalue weighted by atomic mass is 16.5. The van der Waals surface area contributed by atoms with E-state index in [0.29, 0.717) is 0 Å². The first-order valence-electron chi connectivity index (χ1n) is 16.8. The molecule has 0 aliphatic carbocycles. The molecule has 0 N–H and O–H groups in total. The minimum absolute atomic E-state index is 0.0315. The molecule has 6 aliphatic rings. The molecule has 0 amide bonds. The second-order valence-corrected chi connectivity index (χ2v) is 13.6. The average molecular weight is 607 g/mol. The molecule has 6 heterocycles. The van der Waals surface area contributed by atoms with Crippen LogP contribution in [0, 0.1) is 0 Å². The lowest BCUT2D eigenvalue weighted by Crippen LogP contribution is -2.71. The van der Waals surface area contributed by atoms with E-state index in [4.69, 9.17) is 4.74 Å². The Morgan fingerprint density at radius 3 is 1.38 bits per heavy atom. The summed E-state index contributed by atoms with van der Waals surface area (Å²) in [5, 5.41) is 0. The van der Waals surface area contributed by atoms with Gasteiger partial charge in [0, 0.05) is 67.6 Å². The van der Waals surface area contributed by atoms with Crippen LogP contribution in [0.25, 0.3) is 22.3 Å². The van der Waals surface area contributed by atoms with Gasteiger partial charge in [0.05, 0.1) is 0 Å². The highest BCUT2D eigenvalue weighted by molar-refractivity contribution is 7.05. The van der Waals surface area contributed by atoms with E-state index in [-0.39, 0.29) is 13.6 Å². The largest absolute Gasteiger partial charge is 0.458 e. The van der Waals surface area contributed by atoms with Crippen LogP contribution in [-0.4, -0.2) is 13.6 Å². The Morgan fingerprint density at radius 2 is 0.854 bits per heavy atom. The monoisotopic (exact) mass is 607 g/mol. The lowest BCUT2D eigenvalue weighted by atomic mass is 9.29. The van der Waals surface area contributed by atoms with Crippen molar-refractivity contribution >= 4 is 86.4 Å². The van der Waals surface area contributed by atoms with Crippen LogP contribution in [0.4, 0.5) is 45.5 Å². The highest BCUT2D eigenvalue weighted by Crippen LogP contribution is 2.56. The maximum atomic E-state index is 6.73. The van der Waals surface area contributed by atoms with Crippen molar-refractivity contribution in [1.82, 2.24) is 0 Å². The third-order valence-corrected chi connectivity index (χ3v) is 11.5. The van der Waals surface area contributed by atoms with Gasteiger partial charge >= 0.3 is 6.85 Å². The Hall–Kier alpha value is -6.13. The summed E-state index contributed by atoms with van der Waals surface area (Å²) in [4.78, 5) is 7.73. The van der Waals surface area contributed by atoms with Gasteiger partial charge in [0.25, 0.3) is 6.71 Å². The predicted octanol–water partition coefficient (Wildman–Crippen LogP) is 7.09. The van der Waals surface area contributed by atoms with E-state index in [2.05, 4.69) is 154 Å². The second kappa shape index (κ2) is 8.04. The van der Waals surface area contributed by atoms with E-state index >= 15 is 0 Å². The maximum absolute atomic E-state index is 6.73. The summed E-state index contributed by atoms with van der Waals surface area (Å²) in [5.74, 6) is 1.93. The number of benzene rings is 7. The molecule has 13 rings (SSSR count). The van der Waals surface area contributed by atoms with Gasteiger partial charge in [0.1, 0.15) is 11.5 Å². The minimum Gasteiger partial charge on any atom is -0.458 e. The molecule has 0 aromatic heterocycles. The summed E-state index contributed by atoms with van der Waals surface area (Å²) in [7, 11) is 0. The molecular formula is C42H23B2N3O. The standard InChI is InChI=1S/C42H23B2N3O/c1-3-10-24(11-4-1)45-30-16-9-17-31-38(30)43-39-32(45)22-20-28-26-14-7-18-34-36(26)44-37-27(15-8-19-35(37)48-34)29-21-23-33(40(43)42(29)47(44)41(28)39)46(31)25-12-5-2-6-13-25/h1-23H. The van der Waals surface area contributed by atoms with Crippen LogP contribution in [0.3, 0.4) is 0 Å². The summed E-state index contributed by atoms with van der Waals surface area (Å²) in [6.45, 7) is 0.126. The highest BCUT2D eigenvalue weighted by Gasteiger charge is 2.56. The summed E-state index contributed by atoms with van der Waals surface area (Å²) < 4.78 is 6.73. The molecule has 4 nitrogen and oxygen atoms in total. The smallest absolute Gasteiger partial charge is 0.337 e. The molecule has 7 aromatic rings. The van der Waals surface area contributed by atoms with Crippen LogP contribution in [0.2, 0.25) is 0 Å². The molecule has 0 unspecified atom stereocenters. The number of fused-ring (bicyclic) bond motifs is 2. The number of rotatable bonds is 2. The van der Waals surface area contributed by atoms with Crippen molar-refractivity contribution < 1.29 is 4.74 Å². The van der Waals surface area contributed by atoms with Gasteiger partial charge in [-0.25, -0.2) is 0 Å². The summed E-state index contributed by atoms with van der Waals surface area (Å²) in [6.07, 6.45) is 0. The molecule has 0 fully saturated rings. The lowest BCUT2D eigenvalue weighted by molar-refractivity contribution is 0.487. The molecule has 6 heteroatoms. The minimum atomic E-state index is 0.0315. The van der Waals surface area contributed by atoms with Gasteiger partial charge in [-0.05, 0) is 88.2 Å².